The SMILES string of the molecule is CCN(C(=O)c1cc(C2CC2)nn1-c1ccccc1)c1nc2cc(Cl)ccc2s1. The normalized spacial score (nSPS) is 13.7. The molecule has 1 fully saturated rings. The van der Waals surface area contributed by atoms with Gasteiger partial charge in [0.15, 0.2) is 5.13 Å². The lowest BCUT2D eigenvalue weighted by Crippen LogP contribution is -2.32. The molecule has 0 atom stereocenters. The lowest BCUT2D eigenvalue weighted by atomic mass is 10.2. The number of fused-ring (bicyclic) bond motifs is 1. The zero-order chi connectivity index (χ0) is 20.0. The maximum Gasteiger partial charge on any atom is 0.278 e. The van der Waals surface area contributed by atoms with Crippen LogP contribution in [0.15, 0.2) is 54.6 Å². The van der Waals surface area contributed by atoms with Gasteiger partial charge in [0.05, 0.1) is 21.6 Å². The number of thiazole rings is 1. The zero-order valence-corrected chi connectivity index (χ0v) is 17.5. The fourth-order valence-electron chi connectivity index (χ4n) is 3.40. The quantitative estimate of drug-likeness (QED) is 0.415. The number of anilines is 1. The monoisotopic (exact) mass is 422 g/mol. The number of benzene rings is 2. The molecule has 0 aliphatic heterocycles. The second-order valence-corrected chi connectivity index (χ2v) is 8.58. The van der Waals surface area contributed by atoms with Gasteiger partial charge in [-0.3, -0.25) is 9.69 Å². The number of amides is 1. The van der Waals surface area contributed by atoms with Crippen molar-refractivity contribution in [3.8, 4) is 5.69 Å². The molecular formula is C22H19ClN4OS. The van der Waals surface area contributed by atoms with Crippen LogP contribution in [0.1, 0.15) is 41.9 Å². The highest BCUT2D eigenvalue weighted by Gasteiger charge is 2.31. The van der Waals surface area contributed by atoms with Crippen molar-refractivity contribution in [1.29, 1.82) is 0 Å². The van der Waals surface area contributed by atoms with E-state index in [0.717, 1.165) is 34.4 Å². The number of hydrogen-bond acceptors (Lipinski definition) is 4. The van der Waals surface area contributed by atoms with Gasteiger partial charge in [-0.1, -0.05) is 41.1 Å². The maximum absolute atomic E-state index is 13.6. The summed E-state index contributed by atoms with van der Waals surface area (Å²) in [5.41, 5.74) is 3.25. The molecule has 1 aliphatic carbocycles. The number of hydrogen-bond donors (Lipinski definition) is 0. The summed E-state index contributed by atoms with van der Waals surface area (Å²) in [6.07, 6.45) is 2.27. The van der Waals surface area contributed by atoms with Crippen LogP contribution in [0, 0.1) is 0 Å². The molecule has 2 aromatic carbocycles. The first-order valence-electron chi connectivity index (χ1n) is 9.67. The van der Waals surface area contributed by atoms with Crippen LogP contribution in [0.2, 0.25) is 5.02 Å². The number of rotatable bonds is 5. The van der Waals surface area contributed by atoms with E-state index < -0.39 is 0 Å². The lowest BCUT2D eigenvalue weighted by Gasteiger charge is -2.18. The largest absolute Gasteiger partial charge is 0.283 e. The first-order chi connectivity index (χ1) is 14.1. The first kappa shape index (κ1) is 18.3. The maximum atomic E-state index is 13.6. The molecule has 0 spiro atoms. The summed E-state index contributed by atoms with van der Waals surface area (Å²) in [5.74, 6) is 0.368. The highest BCUT2D eigenvalue weighted by molar-refractivity contribution is 7.22. The molecule has 0 N–H and O–H groups in total. The standard InChI is InChI=1S/C22H19ClN4OS/c1-2-26(22-24-18-12-15(23)10-11-20(18)29-22)21(28)19-13-17(14-8-9-14)25-27(19)16-6-4-3-5-7-16/h3-7,10-14H,2,8-9H2,1H3. The van der Waals surface area contributed by atoms with Gasteiger partial charge in [-0.2, -0.15) is 5.10 Å². The van der Waals surface area contributed by atoms with Crippen molar-refractivity contribution < 1.29 is 4.79 Å². The van der Waals surface area contributed by atoms with Crippen LogP contribution in [0.5, 0.6) is 0 Å². The van der Waals surface area contributed by atoms with E-state index in [1.54, 1.807) is 9.58 Å². The summed E-state index contributed by atoms with van der Waals surface area (Å²) in [4.78, 5) is 19.9. The van der Waals surface area contributed by atoms with Gasteiger partial charge in [-0.15, -0.1) is 0 Å². The minimum atomic E-state index is -0.0964. The van der Waals surface area contributed by atoms with Crippen LogP contribution in [-0.2, 0) is 0 Å². The van der Waals surface area contributed by atoms with Gasteiger partial charge in [0.25, 0.3) is 5.91 Å². The Balaban J connectivity index is 1.57. The van der Waals surface area contributed by atoms with Crippen molar-refractivity contribution in [2.24, 2.45) is 0 Å². The van der Waals surface area contributed by atoms with E-state index in [9.17, 15) is 4.79 Å². The Morgan fingerprint density at radius 2 is 2.00 bits per heavy atom. The van der Waals surface area contributed by atoms with E-state index >= 15 is 0 Å². The third-order valence-corrected chi connectivity index (χ3v) is 6.37. The molecule has 0 radical (unpaired) electrons. The van der Waals surface area contributed by atoms with Crippen LogP contribution >= 0.6 is 22.9 Å². The molecule has 7 heteroatoms. The van der Waals surface area contributed by atoms with Gasteiger partial charge in [0.1, 0.15) is 5.69 Å². The van der Waals surface area contributed by atoms with E-state index in [1.165, 1.54) is 11.3 Å². The van der Waals surface area contributed by atoms with E-state index in [1.807, 2.05) is 61.5 Å². The molecule has 0 unspecified atom stereocenters. The van der Waals surface area contributed by atoms with Gasteiger partial charge >= 0.3 is 0 Å². The van der Waals surface area contributed by atoms with Crippen molar-refractivity contribution in [3.63, 3.8) is 0 Å². The number of aromatic nitrogens is 3. The van der Waals surface area contributed by atoms with E-state index in [-0.39, 0.29) is 5.91 Å². The van der Waals surface area contributed by atoms with Gasteiger partial charge in [0, 0.05) is 17.5 Å². The van der Waals surface area contributed by atoms with Crippen molar-refractivity contribution in [1.82, 2.24) is 14.8 Å². The summed E-state index contributed by atoms with van der Waals surface area (Å²) in [7, 11) is 0. The summed E-state index contributed by atoms with van der Waals surface area (Å²) < 4.78 is 2.77. The average Bonchev–Trinajstić information content (AvgIpc) is 3.35. The van der Waals surface area contributed by atoms with Gasteiger partial charge in [0.2, 0.25) is 0 Å². The second-order valence-electron chi connectivity index (χ2n) is 7.13. The van der Waals surface area contributed by atoms with Gasteiger partial charge in [-0.05, 0) is 56.2 Å². The molecule has 4 aromatic rings. The third-order valence-electron chi connectivity index (χ3n) is 5.07. The topological polar surface area (TPSA) is 51.0 Å². The molecule has 5 rings (SSSR count). The Bertz CT molecular complexity index is 1200. The van der Waals surface area contributed by atoms with Gasteiger partial charge < -0.3 is 0 Å². The van der Waals surface area contributed by atoms with Crippen molar-refractivity contribution in [2.75, 3.05) is 11.4 Å². The molecule has 0 saturated heterocycles. The minimum Gasteiger partial charge on any atom is -0.283 e. The predicted octanol–water partition coefficient (Wildman–Crippen LogP) is 5.68. The number of nitrogens with zero attached hydrogens (tertiary/aromatic N) is 4. The third kappa shape index (κ3) is 3.43. The van der Waals surface area contributed by atoms with E-state index in [2.05, 4.69) is 4.98 Å². The van der Waals surface area contributed by atoms with Crippen molar-refractivity contribution in [2.45, 2.75) is 25.7 Å². The predicted molar refractivity (Wildman–Crippen MR) is 118 cm³/mol. The van der Waals surface area contributed by atoms with Crippen LogP contribution in [0.4, 0.5) is 5.13 Å². The highest BCUT2D eigenvalue weighted by Crippen LogP contribution is 2.40. The fraction of sp³-hybridized carbons (Fsp3) is 0.227. The molecule has 0 bridgehead atoms. The van der Waals surface area contributed by atoms with Crippen LogP contribution < -0.4 is 4.90 Å². The molecule has 1 amide bonds. The highest BCUT2D eigenvalue weighted by atomic mass is 35.5. The van der Waals surface area contributed by atoms with Crippen molar-refractivity contribution >= 4 is 44.2 Å². The smallest absolute Gasteiger partial charge is 0.278 e. The summed E-state index contributed by atoms with van der Waals surface area (Å²) >= 11 is 7.59. The van der Waals surface area contributed by atoms with Crippen LogP contribution in [-0.4, -0.2) is 27.2 Å². The molecule has 1 aliphatic rings. The molecule has 2 heterocycles. The Morgan fingerprint density at radius 3 is 2.72 bits per heavy atom. The molecular weight excluding hydrogens is 404 g/mol. The van der Waals surface area contributed by atoms with Gasteiger partial charge in [-0.25, -0.2) is 9.67 Å². The Hall–Kier alpha value is -2.70. The zero-order valence-electron chi connectivity index (χ0n) is 15.9. The minimum absolute atomic E-state index is 0.0964. The molecule has 2 aromatic heterocycles. The Kier molecular flexibility index (Phi) is 4.60. The van der Waals surface area contributed by atoms with E-state index in [0.29, 0.717) is 28.3 Å². The number of carbonyl (C=O) groups excluding carboxylic acids is 1. The summed E-state index contributed by atoms with van der Waals surface area (Å²) in [5, 5.41) is 6.07. The summed E-state index contributed by atoms with van der Waals surface area (Å²) in [6, 6.07) is 17.4. The average molecular weight is 423 g/mol. The number of halogens is 1. The molecule has 29 heavy (non-hydrogen) atoms. The number of para-hydroxylation sites is 1. The second kappa shape index (κ2) is 7.28. The molecule has 146 valence electrons. The number of carbonyl (C=O) groups is 1. The van der Waals surface area contributed by atoms with E-state index in [4.69, 9.17) is 16.7 Å². The van der Waals surface area contributed by atoms with Crippen LogP contribution in [0.25, 0.3) is 15.9 Å². The van der Waals surface area contributed by atoms with Crippen LogP contribution in [0.3, 0.4) is 0 Å². The Morgan fingerprint density at radius 1 is 1.21 bits per heavy atom. The lowest BCUT2D eigenvalue weighted by molar-refractivity contribution is 0.0981. The Labute approximate surface area is 177 Å². The summed E-state index contributed by atoms with van der Waals surface area (Å²) in [6.45, 7) is 2.48. The molecule has 5 nitrogen and oxygen atoms in total. The fourth-order valence-corrected chi connectivity index (χ4v) is 4.58. The molecule has 1 saturated carbocycles. The first-order valence-corrected chi connectivity index (χ1v) is 10.9. The van der Waals surface area contributed by atoms with Crippen molar-refractivity contribution in [3.05, 3.63) is 71.0 Å².